The van der Waals surface area contributed by atoms with Gasteiger partial charge in [-0.3, -0.25) is 9.59 Å². The van der Waals surface area contributed by atoms with Gasteiger partial charge in [-0.15, -0.1) is 0 Å². The largest absolute Gasteiger partial charge is 0.494 e. The number of carbonyl (C=O) groups excluding carboxylic acids is 2. The van der Waals surface area contributed by atoms with Gasteiger partial charge in [-0.25, -0.2) is 0 Å². The molecule has 1 aromatic carbocycles. The third-order valence-electron chi connectivity index (χ3n) is 6.04. The lowest BCUT2D eigenvalue weighted by atomic mass is 9.89. The Morgan fingerprint density at radius 1 is 1.20 bits per heavy atom. The molecule has 0 unspecified atom stereocenters. The van der Waals surface area contributed by atoms with Crippen molar-refractivity contribution < 1.29 is 19.1 Å². The Morgan fingerprint density at radius 2 is 1.97 bits per heavy atom. The quantitative estimate of drug-likeness (QED) is 0.465. The van der Waals surface area contributed by atoms with Crippen molar-refractivity contribution in [2.24, 2.45) is 11.7 Å². The average Bonchev–Trinajstić information content (AvgIpc) is 2.97. The summed E-state index contributed by atoms with van der Waals surface area (Å²) >= 11 is 0. The van der Waals surface area contributed by atoms with Crippen molar-refractivity contribution in [2.45, 2.75) is 71.8 Å². The van der Waals surface area contributed by atoms with Gasteiger partial charge in [0, 0.05) is 29.6 Å². The van der Waals surface area contributed by atoms with E-state index in [1.807, 2.05) is 12.1 Å². The van der Waals surface area contributed by atoms with Crippen LogP contribution in [0.4, 0.5) is 0 Å². The molecule has 1 amide bonds. The summed E-state index contributed by atoms with van der Waals surface area (Å²) in [5.74, 6) is 0.909. The molecule has 6 heteroatoms. The normalized spacial score (nSPS) is 14.7. The molecule has 0 bridgehead atoms. The summed E-state index contributed by atoms with van der Waals surface area (Å²) in [4.78, 5) is 23.2. The van der Waals surface area contributed by atoms with Gasteiger partial charge in [0.2, 0.25) is 5.91 Å². The van der Waals surface area contributed by atoms with Crippen LogP contribution in [0.2, 0.25) is 0 Å². The number of esters is 1. The molecule has 0 atom stereocenters. The lowest BCUT2D eigenvalue weighted by Crippen LogP contribution is -2.16. The van der Waals surface area contributed by atoms with E-state index in [-0.39, 0.29) is 18.3 Å². The van der Waals surface area contributed by atoms with Crippen LogP contribution in [0.15, 0.2) is 18.2 Å². The summed E-state index contributed by atoms with van der Waals surface area (Å²) in [5.41, 5.74) is 8.79. The monoisotopic (exact) mass is 414 g/mol. The van der Waals surface area contributed by atoms with Crippen LogP contribution in [0.25, 0.3) is 10.9 Å². The molecule has 2 aromatic rings. The van der Waals surface area contributed by atoms with Crippen LogP contribution in [0.3, 0.4) is 0 Å². The van der Waals surface area contributed by atoms with Crippen molar-refractivity contribution >= 4 is 22.8 Å². The maximum absolute atomic E-state index is 11.7. The summed E-state index contributed by atoms with van der Waals surface area (Å²) in [7, 11) is 0. The molecule has 0 radical (unpaired) electrons. The highest BCUT2D eigenvalue weighted by Gasteiger charge is 2.20. The third-order valence-corrected chi connectivity index (χ3v) is 6.04. The molecule has 6 nitrogen and oxygen atoms in total. The number of primary amides is 1. The van der Waals surface area contributed by atoms with E-state index in [0.29, 0.717) is 32.0 Å². The molecular formula is C24H34N2O4. The fraction of sp³-hybridized carbons (Fsp3) is 0.583. The van der Waals surface area contributed by atoms with Gasteiger partial charge >= 0.3 is 5.97 Å². The minimum absolute atomic E-state index is 0.198. The molecule has 2 N–H and O–H groups in total. The van der Waals surface area contributed by atoms with Crippen LogP contribution in [-0.4, -0.2) is 29.7 Å². The zero-order valence-electron chi connectivity index (χ0n) is 18.2. The van der Waals surface area contributed by atoms with E-state index in [2.05, 4.69) is 17.6 Å². The number of carbonyl (C=O) groups is 2. The number of benzene rings is 1. The first kappa shape index (κ1) is 22.2. The minimum Gasteiger partial charge on any atom is -0.494 e. The van der Waals surface area contributed by atoms with Gasteiger partial charge in [0.15, 0.2) is 0 Å². The second kappa shape index (κ2) is 10.5. The molecule has 0 spiro atoms. The van der Waals surface area contributed by atoms with E-state index in [9.17, 15) is 9.59 Å². The number of nitrogens with zero attached hydrogens (tertiary/aromatic N) is 1. The van der Waals surface area contributed by atoms with Crippen LogP contribution >= 0.6 is 0 Å². The number of nitrogens with two attached hydrogens (primary N) is 1. The fourth-order valence-corrected chi connectivity index (χ4v) is 4.52. The SMILES string of the molecule is CCOC(=O)CCCOc1ccc2c(c1)c(CC(N)=O)c(C)n2CC1CCCCC1. The van der Waals surface area contributed by atoms with E-state index in [1.165, 1.54) is 32.1 Å². The third kappa shape index (κ3) is 5.55. The first-order valence-corrected chi connectivity index (χ1v) is 11.2. The van der Waals surface area contributed by atoms with Gasteiger partial charge in [0.25, 0.3) is 0 Å². The number of fused-ring (bicyclic) bond motifs is 1. The van der Waals surface area contributed by atoms with Crippen LogP contribution in [-0.2, 0) is 27.3 Å². The van der Waals surface area contributed by atoms with Crippen molar-refractivity contribution in [1.29, 1.82) is 0 Å². The lowest BCUT2D eigenvalue weighted by Gasteiger charge is -2.23. The predicted octanol–water partition coefficient (Wildman–Crippen LogP) is 4.28. The zero-order valence-corrected chi connectivity index (χ0v) is 18.2. The number of hydrogen-bond acceptors (Lipinski definition) is 4. The molecular weight excluding hydrogens is 380 g/mol. The van der Waals surface area contributed by atoms with Gasteiger partial charge in [-0.1, -0.05) is 19.3 Å². The van der Waals surface area contributed by atoms with Gasteiger partial charge in [0.1, 0.15) is 5.75 Å². The molecule has 1 saturated carbocycles. The smallest absolute Gasteiger partial charge is 0.305 e. The Balaban J connectivity index is 1.78. The Bertz CT molecular complexity index is 881. The predicted molar refractivity (Wildman–Crippen MR) is 118 cm³/mol. The van der Waals surface area contributed by atoms with E-state index in [1.54, 1.807) is 6.92 Å². The molecule has 1 aliphatic rings. The second-order valence-corrected chi connectivity index (χ2v) is 8.26. The number of rotatable bonds is 10. The topological polar surface area (TPSA) is 83.6 Å². The highest BCUT2D eigenvalue weighted by molar-refractivity contribution is 5.91. The zero-order chi connectivity index (χ0) is 21.5. The van der Waals surface area contributed by atoms with Gasteiger partial charge < -0.3 is 19.8 Å². The van der Waals surface area contributed by atoms with E-state index >= 15 is 0 Å². The van der Waals surface area contributed by atoms with E-state index in [0.717, 1.165) is 34.5 Å². The molecule has 3 rings (SSSR count). The minimum atomic E-state index is -0.324. The van der Waals surface area contributed by atoms with Gasteiger partial charge in [-0.05, 0) is 62.8 Å². The number of amides is 1. The lowest BCUT2D eigenvalue weighted by molar-refractivity contribution is -0.143. The number of hydrogen-bond donors (Lipinski definition) is 1. The van der Waals surface area contributed by atoms with Crippen LogP contribution < -0.4 is 10.5 Å². The van der Waals surface area contributed by atoms with Gasteiger partial charge in [-0.2, -0.15) is 0 Å². The summed E-state index contributed by atoms with van der Waals surface area (Å²) in [6, 6.07) is 6.05. The molecule has 1 aliphatic carbocycles. The maximum Gasteiger partial charge on any atom is 0.305 e. The number of aromatic nitrogens is 1. The van der Waals surface area contributed by atoms with Crippen molar-refractivity contribution in [3.63, 3.8) is 0 Å². The second-order valence-electron chi connectivity index (χ2n) is 8.26. The summed E-state index contributed by atoms with van der Waals surface area (Å²) in [5, 5.41) is 1.03. The van der Waals surface area contributed by atoms with Crippen LogP contribution in [0.5, 0.6) is 5.75 Å². The number of ether oxygens (including phenoxy) is 2. The summed E-state index contributed by atoms with van der Waals surface area (Å²) in [6.07, 6.45) is 7.67. The molecule has 1 heterocycles. The van der Waals surface area contributed by atoms with Crippen LogP contribution in [0, 0.1) is 12.8 Å². The summed E-state index contributed by atoms with van der Waals surface area (Å²) < 4.78 is 13.2. The van der Waals surface area contributed by atoms with Crippen molar-refractivity contribution in [3.05, 3.63) is 29.5 Å². The Hall–Kier alpha value is -2.50. The molecule has 164 valence electrons. The molecule has 0 aliphatic heterocycles. The fourth-order valence-electron chi connectivity index (χ4n) is 4.52. The Labute approximate surface area is 178 Å². The first-order valence-electron chi connectivity index (χ1n) is 11.2. The highest BCUT2D eigenvalue weighted by atomic mass is 16.5. The molecule has 1 aromatic heterocycles. The Kier molecular flexibility index (Phi) is 7.77. The van der Waals surface area contributed by atoms with Crippen molar-refractivity contribution in [1.82, 2.24) is 4.57 Å². The maximum atomic E-state index is 11.7. The molecule has 1 fully saturated rings. The molecule has 0 saturated heterocycles. The van der Waals surface area contributed by atoms with E-state index < -0.39 is 0 Å². The van der Waals surface area contributed by atoms with Crippen molar-refractivity contribution in [3.8, 4) is 5.75 Å². The van der Waals surface area contributed by atoms with Crippen LogP contribution in [0.1, 0.15) is 63.1 Å². The highest BCUT2D eigenvalue weighted by Crippen LogP contribution is 2.33. The van der Waals surface area contributed by atoms with E-state index in [4.69, 9.17) is 15.2 Å². The van der Waals surface area contributed by atoms with Crippen molar-refractivity contribution in [2.75, 3.05) is 13.2 Å². The standard InChI is InChI=1S/C24H34N2O4/c1-3-29-24(28)10-7-13-30-19-11-12-22-21(14-19)20(15-23(25)27)17(2)26(22)16-18-8-5-4-6-9-18/h11-12,14,18H,3-10,13,15-16H2,1-2H3,(H2,25,27). The average molecular weight is 415 g/mol. The molecule has 30 heavy (non-hydrogen) atoms. The Morgan fingerprint density at radius 3 is 2.67 bits per heavy atom. The first-order chi connectivity index (χ1) is 14.5. The summed E-state index contributed by atoms with van der Waals surface area (Å²) in [6.45, 7) is 5.71. The van der Waals surface area contributed by atoms with Gasteiger partial charge in [0.05, 0.1) is 19.6 Å².